The number of hydrogen-bond donors (Lipinski definition) is 1. The Morgan fingerprint density at radius 3 is 2.03 bits per heavy atom. The lowest BCUT2D eigenvalue weighted by molar-refractivity contribution is 0.574. The normalized spacial score (nSPS) is 12.1. The van der Waals surface area contributed by atoms with Crippen molar-refractivity contribution in [1.82, 2.24) is 0 Å². The zero-order valence-electron chi connectivity index (χ0n) is 21.9. The van der Waals surface area contributed by atoms with Crippen molar-refractivity contribution in [3.8, 4) is 11.1 Å². The van der Waals surface area contributed by atoms with Crippen LogP contribution in [0.3, 0.4) is 0 Å². The Kier molecular flexibility index (Phi) is 5.06. The van der Waals surface area contributed by atoms with Gasteiger partial charge in [-0.1, -0.05) is 112 Å². The van der Waals surface area contributed by atoms with Crippen LogP contribution in [-0.2, 0) is 5.41 Å². The first kappa shape index (κ1) is 22.6. The van der Waals surface area contributed by atoms with Gasteiger partial charge in [0.05, 0.1) is 5.69 Å². The molecule has 7 aromatic rings. The highest BCUT2D eigenvalue weighted by atomic mass is 16.3. The van der Waals surface area contributed by atoms with Gasteiger partial charge in [-0.3, -0.25) is 0 Å². The number of para-hydroxylation sites is 1. The maximum absolute atomic E-state index is 6.70. The van der Waals surface area contributed by atoms with Crippen LogP contribution in [0.1, 0.15) is 26.3 Å². The predicted molar refractivity (Wildman–Crippen MR) is 163 cm³/mol. The van der Waals surface area contributed by atoms with Crippen molar-refractivity contribution in [1.29, 1.82) is 0 Å². The summed E-state index contributed by atoms with van der Waals surface area (Å²) in [5, 5.41) is 11.0. The van der Waals surface area contributed by atoms with E-state index in [0.29, 0.717) is 0 Å². The van der Waals surface area contributed by atoms with Crippen LogP contribution in [-0.4, -0.2) is 0 Å². The van der Waals surface area contributed by atoms with Gasteiger partial charge in [0.2, 0.25) is 0 Å². The number of fused-ring (bicyclic) bond motifs is 6. The SMILES string of the molecule is CC(C)(C)c1cc2ccccc2c2c1oc1c(Nc3ccc(-c4cccc5ccccc45)cc3)cccc12. The van der Waals surface area contributed by atoms with Crippen LogP contribution in [0.4, 0.5) is 11.4 Å². The smallest absolute Gasteiger partial charge is 0.158 e. The van der Waals surface area contributed by atoms with E-state index in [4.69, 9.17) is 4.42 Å². The lowest BCUT2D eigenvalue weighted by Gasteiger charge is -2.20. The number of benzene rings is 6. The van der Waals surface area contributed by atoms with Gasteiger partial charge in [-0.05, 0) is 62.4 Å². The molecule has 0 atom stereocenters. The summed E-state index contributed by atoms with van der Waals surface area (Å²) < 4.78 is 6.70. The monoisotopic (exact) mass is 491 g/mol. The van der Waals surface area contributed by atoms with Crippen LogP contribution in [0.15, 0.2) is 120 Å². The Morgan fingerprint density at radius 1 is 0.579 bits per heavy atom. The van der Waals surface area contributed by atoms with Gasteiger partial charge in [-0.25, -0.2) is 0 Å². The molecule has 0 aliphatic carbocycles. The van der Waals surface area contributed by atoms with Crippen LogP contribution >= 0.6 is 0 Å². The minimum Gasteiger partial charge on any atom is -0.454 e. The van der Waals surface area contributed by atoms with Crippen molar-refractivity contribution in [2.24, 2.45) is 0 Å². The second-order valence-electron chi connectivity index (χ2n) is 11.1. The molecular formula is C36H29NO. The molecule has 1 heterocycles. The Balaban J connectivity index is 1.34. The van der Waals surface area contributed by atoms with E-state index in [2.05, 4.69) is 141 Å². The highest BCUT2D eigenvalue weighted by Crippen LogP contribution is 2.43. The molecule has 7 rings (SSSR count). The third kappa shape index (κ3) is 3.64. The number of hydrogen-bond acceptors (Lipinski definition) is 2. The molecule has 0 radical (unpaired) electrons. The zero-order chi connectivity index (χ0) is 25.9. The average molecular weight is 492 g/mol. The summed E-state index contributed by atoms with van der Waals surface area (Å²) >= 11 is 0. The van der Waals surface area contributed by atoms with E-state index in [9.17, 15) is 0 Å². The molecule has 0 saturated heterocycles. The molecule has 0 aliphatic rings. The summed E-state index contributed by atoms with van der Waals surface area (Å²) in [6.45, 7) is 6.75. The van der Waals surface area contributed by atoms with Gasteiger partial charge >= 0.3 is 0 Å². The molecule has 2 heteroatoms. The number of nitrogens with one attached hydrogen (secondary N) is 1. The molecule has 0 bridgehead atoms. The molecule has 0 amide bonds. The lowest BCUT2D eigenvalue weighted by atomic mass is 9.84. The number of rotatable bonds is 3. The summed E-state index contributed by atoms with van der Waals surface area (Å²) in [6, 6.07) is 41.0. The maximum atomic E-state index is 6.70. The predicted octanol–water partition coefficient (Wildman–Crippen LogP) is 10.6. The van der Waals surface area contributed by atoms with Crippen LogP contribution in [0.2, 0.25) is 0 Å². The van der Waals surface area contributed by atoms with Gasteiger partial charge in [0.25, 0.3) is 0 Å². The van der Waals surface area contributed by atoms with E-state index >= 15 is 0 Å². The van der Waals surface area contributed by atoms with E-state index in [0.717, 1.165) is 27.9 Å². The molecule has 38 heavy (non-hydrogen) atoms. The Bertz CT molecular complexity index is 1960. The summed E-state index contributed by atoms with van der Waals surface area (Å²) in [4.78, 5) is 0. The molecule has 184 valence electrons. The summed E-state index contributed by atoms with van der Waals surface area (Å²) in [5.41, 5.74) is 7.51. The van der Waals surface area contributed by atoms with E-state index in [-0.39, 0.29) is 5.41 Å². The van der Waals surface area contributed by atoms with E-state index < -0.39 is 0 Å². The molecule has 0 unspecified atom stereocenters. The van der Waals surface area contributed by atoms with Crippen molar-refractivity contribution >= 4 is 54.9 Å². The second-order valence-corrected chi connectivity index (χ2v) is 11.1. The van der Waals surface area contributed by atoms with E-state index in [1.165, 1.54) is 43.6 Å². The standard InChI is InChI=1S/C36H29NO/c1-36(2,3)31-22-25-11-5-7-14-29(25)33-30-16-9-17-32(34(30)38-35(31)33)37-26-20-18-24(19-21-26)28-15-8-12-23-10-4-6-13-27(23)28/h4-22,37H,1-3H3. The van der Waals surface area contributed by atoms with Crippen LogP contribution in [0.5, 0.6) is 0 Å². The van der Waals surface area contributed by atoms with E-state index in [1.54, 1.807) is 0 Å². The van der Waals surface area contributed by atoms with Crippen molar-refractivity contribution in [2.75, 3.05) is 5.32 Å². The first-order valence-electron chi connectivity index (χ1n) is 13.2. The topological polar surface area (TPSA) is 25.2 Å². The molecule has 6 aromatic carbocycles. The third-order valence-electron chi connectivity index (χ3n) is 7.56. The van der Waals surface area contributed by atoms with Crippen molar-refractivity contribution in [3.63, 3.8) is 0 Å². The van der Waals surface area contributed by atoms with Gasteiger partial charge < -0.3 is 9.73 Å². The zero-order valence-corrected chi connectivity index (χ0v) is 21.9. The van der Waals surface area contributed by atoms with Crippen molar-refractivity contribution < 1.29 is 4.42 Å². The van der Waals surface area contributed by atoms with Gasteiger partial charge in [-0.2, -0.15) is 0 Å². The third-order valence-corrected chi connectivity index (χ3v) is 7.56. The van der Waals surface area contributed by atoms with Gasteiger partial charge in [-0.15, -0.1) is 0 Å². The first-order chi connectivity index (χ1) is 18.5. The van der Waals surface area contributed by atoms with E-state index in [1.807, 2.05) is 0 Å². The van der Waals surface area contributed by atoms with Gasteiger partial charge in [0, 0.05) is 22.0 Å². The number of anilines is 2. The average Bonchev–Trinajstić information content (AvgIpc) is 3.33. The lowest BCUT2D eigenvalue weighted by Crippen LogP contribution is -2.11. The second kappa shape index (κ2) is 8.49. The molecule has 1 N–H and O–H groups in total. The maximum Gasteiger partial charge on any atom is 0.158 e. The summed E-state index contributed by atoms with van der Waals surface area (Å²) in [6.07, 6.45) is 0. The fourth-order valence-corrected chi connectivity index (χ4v) is 5.67. The Labute approximate surface area is 222 Å². The minimum absolute atomic E-state index is 0.0405. The molecule has 0 aliphatic heterocycles. The Hall–Kier alpha value is -4.56. The molecule has 0 saturated carbocycles. The van der Waals surface area contributed by atoms with Crippen LogP contribution in [0.25, 0.3) is 54.6 Å². The molecule has 1 aromatic heterocycles. The Morgan fingerprint density at radius 2 is 1.24 bits per heavy atom. The van der Waals surface area contributed by atoms with Crippen molar-refractivity contribution in [2.45, 2.75) is 26.2 Å². The largest absolute Gasteiger partial charge is 0.454 e. The summed E-state index contributed by atoms with van der Waals surface area (Å²) in [7, 11) is 0. The molecule has 2 nitrogen and oxygen atoms in total. The van der Waals surface area contributed by atoms with Gasteiger partial charge in [0.1, 0.15) is 5.58 Å². The molecule has 0 fully saturated rings. The quantitative estimate of drug-likeness (QED) is 0.266. The first-order valence-corrected chi connectivity index (χ1v) is 13.2. The fraction of sp³-hybridized carbons (Fsp3) is 0.111. The molecular weight excluding hydrogens is 462 g/mol. The molecule has 0 spiro atoms. The highest BCUT2D eigenvalue weighted by Gasteiger charge is 2.23. The summed E-state index contributed by atoms with van der Waals surface area (Å²) in [5.74, 6) is 0. The minimum atomic E-state index is -0.0405. The van der Waals surface area contributed by atoms with Crippen molar-refractivity contribution in [3.05, 3.63) is 121 Å². The van der Waals surface area contributed by atoms with Crippen LogP contribution in [0, 0.1) is 0 Å². The number of furan rings is 1. The fourth-order valence-electron chi connectivity index (χ4n) is 5.67. The van der Waals surface area contributed by atoms with Gasteiger partial charge in [0.15, 0.2) is 5.58 Å². The highest BCUT2D eigenvalue weighted by molar-refractivity contribution is 6.21. The van der Waals surface area contributed by atoms with Crippen LogP contribution < -0.4 is 5.32 Å².